The van der Waals surface area contributed by atoms with E-state index in [1.165, 1.54) is 0 Å². The minimum Gasteiger partial charge on any atom is -0.431 e. The first-order valence-electron chi connectivity index (χ1n) is 5.28. The summed E-state index contributed by atoms with van der Waals surface area (Å²) in [7, 11) is 0. The van der Waals surface area contributed by atoms with Gasteiger partial charge in [0.25, 0.3) is 5.22 Å². The van der Waals surface area contributed by atoms with Gasteiger partial charge in [-0.05, 0) is 12.1 Å². The fraction of sp³-hybridized carbons (Fsp3) is 0.182. The average Bonchev–Trinajstić information content (AvgIpc) is 2.75. The Labute approximate surface area is 117 Å². The normalized spacial score (nSPS) is 10.6. The fourth-order valence-corrected chi connectivity index (χ4v) is 2.13. The van der Waals surface area contributed by atoms with Gasteiger partial charge in [-0.1, -0.05) is 23.4 Å². The van der Waals surface area contributed by atoms with Gasteiger partial charge in [0, 0.05) is 11.1 Å². The minimum absolute atomic E-state index is 0.0911. The summed E-state index contributed by atoms with van der Waals surface area (Å²) in [4.78, 5) is 26.0. The lowest BCUT2D eigenvalue weighted by Gasteiger charge is -1.99. The van der Waals surface area contributed by atoms with Gasteiger partial charge in [0.15, 0.2) is 5.58 Å². The van der Waals surface area contributed by atoms with E-state index >= 15 is 0 Å². The number of fused-ring (bicyclic) bond motifs is 1. The molecule has 1 aromatic heterocycles. The Kier molecular flexibility index (Phi) is 4.28. The highest BCUT2D eigenvalue weighted by molar-refractivity contribution is 7.99. The second kappa shape index (κ2) is 5.94. The van der Waals surface area contributed by atoms with Crippen molar-refractivity contribution in [2.24, 2.45) is 5.73 Å². The predicted molar refractivity (Wildman–Crippen MR) is 71.9 cm³/mol. The molecule has 0 aliphatic carbocycles. The van der Waals surface area contributed by atoms with Crippen LogP contribution in [0.4, 0.5) is 0 Å². The molecule has 0 atom stereocenters. The summed E-state index contributed by atoms with van der Waals surface area (Å²) in [5.41, 5.74) is 6.14. The maximum Gasteiger partial charge on any atom is 0.257 e. The number of carbonyl (C=O) groups excluding carboxylic acids is 2. The Hall–Kier alpha value is -1.73. The van der Waals surface area contributed by atoms with E-state index in [0.717, 1.165) is 11.8 Å². The van der Waals surface area contributed by atoms with Crippen LogP contribution in [0.25, 0.3) is 11.1 Å². The van der Waals surface area contributed by atoms with Crippen LogP contribution in [0.15, 0.2) is 27.8 Å². The number of rotatable bonds is 5. The Morgan fingerprint density at radius 3 is 3.00 bits per heavy atom. The van der Waals surface area contributed by atoms with Crippen molar-refractivity contribution in [2.75, 3.05) is 12.3 Å². The highest BCUT2D eigenvalue weighted by Gasteiger charge is 2.10. The molecule has 0 aliphatic rings. The molecule has 2 aromatic rings. The quantitative estimate of drug-likeness (QED) is 0.808. The van der Waals surface area contributed by atoms with E-state index in [-0.39, 0.29) is 18.2 Å². The van der Waals surface area contributed by atoms with Crippen LogP contribution in [0.1, 0.15) is 0 Å². The Bertz CT molecular complexity index is 629. The third kappa shape index (κ3) is 3.87. The molecule has 6 nitrogen and oxygen atoms in total. The summed E-state index contributed by atoms with van der Waals surface area (Å²) in [6, 6.07) is 5.10. The number of thioether (sulfide) groups is 1. The van der Waals surface area contributed by atoms with Gasteiger partial charge in [0.1, 0.15) is 5.52 Å². The van der Waals surface area contributed by atoms with Gasteiger partial charge in [0.05, 0.1) is 12.3 Å². The predicted octanol–water partition coefficient (Wildman–Crippen LogP) is 1.17. The van der Waals surface area contributed by atoms with Gasteiger partial charge in [-0.3, -0.25) is 9.59 Å². The molecule has 100 valence electrons. The highest BCUT2D eigenvalue weighted by atomic mass is 35.5. The minimum atomic E-state index is -0.588. The maximum absolute atomic E-state index is 11.4. The van der Waals surface area contributed by atoms with Crippen molar-refractivity contribution in [3.8, 4) is 0 Å². The molecule has 0 spiro atoms. The topological polar surface area (TPSA) is 98.2 Å². The lowest BCUT2D eigenvalue weighted by molar-refractivity contribution is -0.123. The smallest absolute Gasteiger partial charge is 0.257 e. The Morgan fingerprint density at radius 1 is 1.47 bits per heavy atom. The molecule has 19 heavy (non-hydrogen) atoms. The second-order valence-electron chi connectivity index (χ2n) is 3.62. The van der Waals surface area contributed by atoms with E-state index < -0.39 is 5.91 Å². The number of aromatic nitrogens is 1. The van der Waals surface area contributed by atoms with E-state index in [4.69, 9.17) is 21.8 Å². The van der Waals surface area contributed by atoms with Crippen LogP contribution in [0.5, 0.6) is 0 Å². The Balaban J connectivity index is 1.94. The van der Waals surface area contributed by atoms with E-state index in [2.05, 4.69) is 10.3 Å². The maximum atomic E-state index is 11.4. The largest absolute Gasteiger partial charge is 0.431 e. The van der Waals surface area contributed by atoms with Crippen LogP contribution in [-0.4, -0.2) is 29.1 Å². The number of hydrogen-bond donors (Lipinski definition) is 2. The van der Waals surface area contributed by atoms with Crippen molar-refractivity contribution in [1.82, 2.24) is 10.3 Å². The lowest BCUT2D eigenvalue weighted by atomic mass is 10.3. The molecule has 0 radical (unpaired) electrons. The van der Waals surface area contributed by atoms with Crippen molar-refractivity contribution in [1.29, 1.82) is 0 Å². The van der Waals surface area contributed by atoms with E-state index in [1.807, 2.05) is 0 Å². The summed E-state index contributed by atoms with van der Waals surface area (Å²) in [5.74, 6) is -0.813. The lowest BCUT2D eigenvalue weighted by Crippen LogP contribution is -2.34. The van der Waals surface area contributed by atoms with E-state index in [0.29, 0.717) is 21.3 Å². The third-order valence-corrected chi connectivity index (χ3v) is 3.18. The van der Waals surface area contributed by atoms with Gasteiger partial charge >= 0.3 is 0 Å². The number of nitrogens with one attached hydrogen (secondary N) is 1. The second-order valence-corrected chi connectivity index (χ2v) is 4.99. The molecule has 0 fully saturated rings. The zero-order chi connectivity index (χ0) is 13.8. The standard InChI is InChI=1S/C11H10ClN3O3S/c12-6-1-2-7-8(3-6)18-11(15-7)19-5-10(17)14-4-9(13)16/h1-3H,4-5H2,(H2,13,16)(H,14,17). The van der Waals surface area contributed by atoms with Crippen molar-refractivity contribution >= 4 is 46.3 Å². The van der Waals surface area contributed by atoms with Crippen molar-refractivity contribution in [3.05, 3.63) is 23.2 Å². The first kappa shape index (κ1) is 13.7. The van der Waals surface area contributed by atoms with Crippen LogP contribution in [-0.2, 0) is 9.59 Å². The van der Waals surface area contributed by atoms with Crippen LogP contribution in [0.3, 0.4) is 0 Å². The molecule has 2 amide bonds. The SMILES string of the molecule is NC(=O)CNC(=O)CSc1nc2ccc(Cl)cc2o1. The van der Waals surface area contributed by atoms with Crippen LogP contribution >= 0.6 is 23.4 Å². The van der Waals surface area contributed by atoms with Gasteiger partial charge in [-0.2, -0.15) is 0 Å². The summed E-state index contributed by atoms with van der Waals surface area (Å²) in [6.07, 6.45) is 0. The summed E-state index contributed by atoms with van der Waals surface area (Å²) in [6.45, 7) is -0.178. The van der Waals surface area contributed by atoms with Crippen LogP contribution in [0, 0.1) is 0 Å². The number of carbonyl (C=O) groups is 2. The third-order valence-electron chi connectivity index (χ3n) is 2.12. The Morgan fingerprint density at radius 2 is 2.26 bits per heavy atom. The number of hydrogen-bond acceptors (Lipinski definition) is 5. The number of primary amides is 1. The van der Waals surface area contributed by atoms with Crippen LogP contribution < -0.4 is 11.1 Å². The van der Waals surface area contributed by atoms with Gasteiger partial charge < -0.3 is 15.5 Å². The van der Waals surface area contributed by atoms with Crippen LogP contribution in [0.2, 0.25) is 5.02 Å². The zero-order valence-electron chi connectivity index (χ0n) is 9.68. The number of benzene rings is 1. The van der Waals surface area contributed by atoms with Crippen molar-refractivity contribution < 1.29 is 14.0 Å². The molecule has 0 saturated heterocycles. The summed E-state index contributed by atoms with van der Waals surface area (Å²) < 4.78 is 5.42. The molecule has 0 aliphatic heterocycles. The number of halogens is 1. The van der Waals surface area contributed by atoms with Gasteiger partial charge in [-0.25, -0.2) is 4.98 Å². The van der Waals surface area contributed by atoms with Crippen molar-refractivity contribution in [3.63, 3.8) is 0 Å². The fourth-order valence-electron chi connectivity index (χ4n) is 1.30. The molecule has 0 saturated carbocycles. The summed E-state index contributed by atoms with van der Waals surface area (Å²) >= 11 is 6.95. The number of nitrogens with two attached hydrogens (primary N) is 1. The molecular weight excluding hydrogens is 290 g/mol. The molecule has 1 aromatic carbocycles. The van der Waals surface area contributed by atoms with E-state index in [9.17, 15) is 9.59 Å². The van der Waals surface area contributed by atoms with Gasteiger partial charge in [-0.15, -0.1) is 0 Å². The first-order valence-corrected chi connectivity index (χ1v) is 6.65. The molecule has 0 bridgehead atoms. The molecular formula is C11H10ClN3O3S. The highest BCUT2D eigenvalue weighted by Crippen LogP contribution is 2.25. The zero-order valence-corrected chi connectivity index (χ0v) is 11.3. The molecule has 0 unspecified atom stereocenters. The first-order chi connectivity index (χ1) is 9.04. The number of amides is 2. The molecule has 2 rings (SSSR count). The average molecular weight is 300 g/mol. The number of nitrogens with zero attached hydrogens (tertiary/aromatic N) is 1. The summed E-state index contributed by atoms with van der Waals surface area (Å²) in [5, 5.41) is 3.29. The van der Waals surface area contributed by atoms with Gasteiger partial charge in [0.2, 0.25) is 11.8 Å². The molecule has 1 heterocycles. The van der Waals surface area contributed by atoms with Crippen molar-refractivity contribution in [2.45, 2.75) is 5.22 Å². The molecule has 3 N–H and O–H groups in total. The molecule has 8 heteroatoms. The monoisotopic (exact) mass is 299 g/mol. The van der Waals surface area contributed by atoms with E-state index in [1.54, 1.807) is 18.2 Å². The number of oxazole rings is 1.